The van der Waals surface area contributed by atoms with E-state index < -0.39 is 10.0 Å². The number of sulfonamides is 1. The van der Waals surface area contributed by atoms with Gasteiger partial charge in [-0.05, 0) is 25.8 Å². The molecule has 0 amide bonds. The fourth-order valence-corrected chi connectivity index (χ4v) is 2.99. The van der Waals surface area contributed by atoms with Crippen LogP contribution in [0.5, 0.6) is 0 Å². The van der Waals surface area contributed by atoms with Gasteiger partial charge in [0.05, 0.1) is 12.4 Å². The van der Waals surface area contributed by atoms with E-state index in [2.05, 4.69) is 0 Å². The van der Waals surface area contributed by atoms with Crippen molar-refractivity contribution in [2.75, 3.05) is 32.0 Å². The molecule has 0 radical (unpaired) electrons. The SMILES string of the molecule is CCCCN(CCO)S(=O)(=O)CCCCN. The van der Waals surface area contributed by atoms with E-state index in [1.54, 1.807) is 0 Å². The van der Waals surface area contributed by atoms with E-state index >= 15 is 0 Å². The largest absolute Gasteiger partial charge is 0.395 e. The number of nitrogens with two attached hydrogens (primary N) is 1. The van der Waals surface area contributed by atoms with Crippen LogP contribution in [0.4, 0.5) is 0 Å². The number of aliphatic hydroxyl groups excluding tert-OH is 1. The molecule has 0 aliphatic carbocycles. The Bertz CT molecular complexity index is 255. The maximum Gasteiger partial charge on any atom is 0.214 e. The molecule has 0 bridgehead atoms. The molecule has 98 valence electrons. The van der Waals surface area contributed by atoms with Crippen molar-refractivity contribution in [3.8, 4) is 0 Å². The summed E-state index contributed by atoms with van der Waals surface area (Å²) in [5, 5.41) is 8.84. The van der Waals surface area contributed by atoms with Crippen molar-refractivity contribution in [1.82, 2.24) is 4.31 Å². The number of nitrogens with zero attached hydrogens (tertiary/aromatic N) is 1. The van der Waals surface area contributed by atoms with E-state index in [-0.39, 0.29) is 18.9 Å². The lowest BCUT2D eigenvalue weighted by Gasteiger charge is -2.20. The minimum atomic E-state index is -3.21. The predicted octanol–water partition coefficient (Wildman–Crippen LogP) is 0.150. The van der Waals surface area contributed by atoms with E-state index in [4.69, 9.17) is 10.8 Å². The fourth-order valence-electron chi connectivity index (χ4n) is 1.39. The van der Waals surface area contributed by atoms with Gasteiger partial charge >= 0.3 is 0 Å². The zero-order valence-electron chi connectivity index (χ0n) is 10.1. The quantitative estimate of drug-likeness (QED) is 0.542. The van der Waals surface area contributed by atoms with Crippen molar-refractivity contribution in [3.05, 3.63) is 0 Å². The summed E-state index contributed by atoms with van der Waals surface area (Å²) >= 11 is 0. The smallest absolute Gasteiger partial charge is 0.214 e. The zero-order valence-corrected chi connectivity index (χ0v) is 10.9. The zero-order chi connectivity index (χ0) is 12.4. The van der Waals surface area contributed by atoms with Crippen molar-refractivity contribution in [3.63, 3.8) is 0 Å². The number of aliphatic hydroxyl groups is 1. The normalized spacial score (nSPS) is 12.2. The van der Waals surface area contributed by atoms with Crippen LogP contribution in [-0.2, 0) is 10.0 Å². The Balaban J connectivity index is 4.25. The standard InChI is InChI=1S/C10H24N2O3S/c1-2-3-7-12(8-9-13)16(14,15)10-5-4-6-11/h13H,2-11H2,1H3. The molecule has 0 aliphatic rings. The first-order valence-corrected chi connectivity index (χ1v) is 7.48. The molecule has 0 rings (SSSR count). The lowest BCUT2D eigenvalue weighted by molar-refractivity contribution is 0.252. The van der Waals surface area contributed by atoms with Gasteiger partial charge in [-0.2, -0.15) is 4.31 Å². The second kappa shape index (κ2) is 8.92. The highest BCUT2D eigenvalue weighted by Crippen LogP contribution is 2.06. The number of rotatable bonds is 10. The van der Waals surface area contributed by atoms with E-state index in [9.17, 15) is 8.42 Å². The molecular weight excluding hydrogens is 228 g/mol. The average Bonchev–Trinajstić information content (AvgIpc) is 2.24. The third kappa shape index (κ3) is 6.42. The monoisotopic (exact) mass is 252 g/mol. The van der Waals surface area contributed by atoms with E-state index in [1.807, 2.05) is 6.92 Å². The van der Waals surface area contributed by atoms with Crippen LogP contribution < -0.4 is 5.73 Å². The molecule has 0 aliphatic heterocycles. The van der Waals surface area contributed by atoms with Gasteiger partial charge < -0.3 is 10.8 Å². The molecule has 0 unspecified atom stereocenters. The van der Waals surface area contributed by atoms with Gasteiger partial charge in [0.2, 0.25) is 10.0 Å². The van der Waals surface area contributed by atoms with Gasteiger partial charge in [-0.25, -0.2) is 8.42 Å². The van der Waals surface area contributed by atoms with Crippen LogP contribution in [0.15, 0.2) is 0 Å². The summed E-state index contributed by atoms with van der Waals surface area (Å²) in [6.07, 6.45) is 3.09. The average molecular weight is 252 g/mol. The highest BCUT2D eigenvalue weighted by Gasteiger charge is 2.20. The van der Waals surface area contributed by atoms with Crippen molar-refractivity contribution in [2.45, 2.75) is 32.6 Å². The first kappa shape index (κ1) is 15.8. The lowest BCUT2D eigenvalue weighted by Crippen LogP contribution is -2.36. The summed E-state index contributed by atoms with van der Waals surface area (Å²) in [6, 6.07) is 0. The Morgan fingerprint density at radius 1 is 1.19 bits per heavy atom. The van der Waals surface area contributed by atoms with Crippen LogP contribution in [0.1, 0.15) is 32.6 Å². The molecule has 0 spiro atoms. The predicted molar refractivity (Wildman–Crippen MR) is 65.6 cm³/mol. The molecule has 0 aromatic heterocycles. The molecule has 0 aromatic rings. The molecule has 0 saturated heterocycles. The van der Waals surface area contributed by atoms with Crippen molar-refractivity contribution in [2.24, 2.45) is 5.73 Å². The minimum absolute atomic E-state index is 0.125. The van der Waals surface area contributed by atoms with Crippen molar-refractivity contribution >= 4 is 10.0 Å². The molecule has 5 nitrogen and oxygen atoms in total. The molecule has 0 atom stereocenters. The number of unbranched alkanes of at least 4 members (excludes halogenated alkanes) is 2. The minimum Gasteiger partial charge on any atom is -0.395 e. The fraction of sp³-hybridized carbons (Fsp3) is 1.00. The van der Waals surface area contributed by atoms with E-state index in [1.165, 1.54) is 4.31 Å². The van der Waals surface area contributed by atoms with Gasteiger partial charge in [0.15, 0.2) is 0 Å². The molecule has 0 saturated carbocycles. The summed E-state index contributed by atoms with van der Waals surface area (Å²) in [5.74, 6) is 0.133. The van der Waals surface area contributed by atoms with Gasteiger partial charge in [-0.3, -0.25) is 0 Å². The highest BCUT2D eigenvalue weighted by molar-refractivity contribution is 7.89. The Morgan fingerprint density at radius 2 is 1.88 bits per heavy atom. The third-order valence-corrected chi connectivity index (χ3v) is 4.32. The van der Waals surface area contributed by atoms with Gasteiger partial charge in [0.1, 0.15) is 0 Å². The Morgan fingerprint density at radius 3 is 2.38 bits per heavy atom. The lowest BCUT2D eigenvalue weighted by atomic mass is 10.3. The first-order chi connectivity index (χ1) is 7.58. The van der Waals surface area contributed by atoms with Crippen LogP contribution in [0.3, 0.4) is 0 Å². The first-order valence-electron chi connectivity index (χ1n) is 5.87. The molecule has 0 heterocycles. The number of hydrogen-bond donors (Lipinski definition) is 2. The molecule has 0 aromatic carbocycles. The maximum atomic E-state index is 11.9. The highest BCUT2D eigenvalue weighted by atomic mass is 32.2. The van der Waals surface area contributed by atoms with E-state index in [0.29, 0.717) is 19.5 Å². The Hall–Kier alpha value is -0.170. The summed E-state index contributed by atoms with van der Waals surface area (Å²) in [5.41, 5.74) is 5.32. The Kier molecular flexibility index (Phi) is 8.83. The summed E-state index contributed by atoms with van der Waals surface area (Å²) in [6.45, 7) is 3.11. The second-order valence-corrected chi connectivity index (χ2v) is 5.88. The topological polar surface area (TPSA) is 83.6 Å². The van der Waals surface area contributed by atoms with Gasteiger partial charge in [0.25, 0.3) is 0 Å². The summed E-state index contributed by atoms with van der Waals surface area (Å²) in [4.78, 5) is 0. The third-order valence-electron chi connectivity index (χ3n) is 2.36. The van der Waals surface area contributed by atoms with Crippen LogP contribution in [-0.4, -0.2) is 49.8 Å². The maximum absolute atomic E-state index is 11.9. The Labute approximate surface area is 98.7 Å². The molecule has 16 heavy (non-hydrogen) atoms. The van der Waals surface area contributed by atoms with Crippen LogP contribution in [0.2, 0.25) is 0 Å². The van der Waals surface area contributed by atoms with Gasteiger partial charge in [-0.1, -0.05) is 13.3 Å². The van der Waals surface area contributed by atoms with E-state index in [0.717, 1.165) is 19.3 Å². The second-order valence-electron chi connectivity index (χ2n) is 3.79. The van der Waals surface area contributed by atoms with Crippen molar-refractivity contribution < 1.29 is 13.5 Å². The summed E-state index contributed by atoms with van der Waals surface area (Å²) < 4.78 is 25.1. The molecule has 6 heteroatoms. The molecule has 0 fully saturated rings. The summed E-state index contributed by atoms with van der Waals surface area (Å²) in [7, 11) is -3.21. The number of hydrogen-bond acceptors (Lipinski definition) is 4. The van der Waals surface area contributed by atoms with Crippen LogP contribution >= 0.6 is 0 Å². The molecule has 3 N–H and O–H groups in total. The van der Waals surface area contributed by atoms with Crippen LogP contribution in [0.25, 0.3) is 0 Å². The van der Waals surface area contributed by atoms with Crippen LogP contribution in [0, 0.1) is 0 Å². The van der Waals surface area contributed by atoms with Gasteiger partial charge in [-0.15, -0.1) is 0 Å². The molecular formula is C10H24N2O3S. The van der Waals surface area contributed by atoms with Crippen molar-refractivity contribution in [1.29, 1.82) is 0 Å². The van der Waals surface area contributed by atoms with Gasteiger partial charge in [0, 0.05) is 13.1 Å².